The van der Waals surface area contributed by atoms with E-state index >= 15 is 0 Å². The molecule has 3 nitrogen and oxygen atoms in total. The summed E-state index contributed by atoms with van der Waals surface area (Å²) in [5.74, 6) is 0. The van der Waals surface area contributed by atoms with Crippen LogP contribution in [0.4, 0.5) is 0 Å². The van der Waals surface area contributed by atoms with Crippen LogP contribution >= 0.6 is 0 Å². The molecular weight excluding hydrogens is 228 g/mol. The van der Waals surface area contributed by atoms with E-state index in [-0.39, 0.29) is 32.7 Å². The maximum Gasteiger partial charge on any atom is 0.206 e. The Labute approximate surface area is 102 Å². The van der Waals surface area contributed by atoms with E-state index < -0.39 is 0 Å². The van der Waals surface area contributed by atoms with E-state index in [1.165, 1.54) is 4.92 Å². The number of hydrazine groups is 1. The molecule has 0 bridgehead atoms. The molecule has 0 aromatic rings. The summed E-state index contributed by atoms with van der Waals surface area (Å²) in [6.45, 7) is 7.64. The van der Waals surface area contributed by atoms with Gasteiger partial charge in [0.05, 0.1) is 0 Å². The van der Waals surface area contributed by atoms with Gasteiger partial charge in [0.2, 0.25) is 7.98 Å². The Morgan fingerprint density at radius 1 is 1.58 bits per heavy atom. The van der Waals surface area contributed by atoms with Gasteiger partial charge in [-0.15, -0.1) is 0 Å². The zero-order valence-electron chi connectivity index (χ0n) is 7.75. The van der Waals surface area contributed by atoms with Crippen molar-refractivity contribution in [3.05, 3.63) is 6.92 Å². The summed E-state index contributed by atoms with van der Waals surface area (Å²) in [5.41, 5.74) is 2.86. The van der Waals surface area contributed by atoms with Gasteiger partial charge in [0, 0.05) is 39.3 Å². The Hall–Kier alpha value is 1.05. The van der Waals surface area contributed by atoms with Gasteiger partial charge in [-0.1, -0.05) is 13.3 Å². The van der Waals surface area contributed by atoms with Crippen LogP contribution in [0.3, 0.4) is 0 Å². The summed E-state index contributed by atoms with van der Waals surface area (Å²) in [6.07, 6.45) is 1.92. The third-order valence-electron chi connectivity index (χ3n) is 1.25. The van der Waals surface area contributed by atoms with Crippen LogP contribution < -0.4 is 5.43 Å². The maximum atomic E-state index is 5.42. The van der Waals surface area contributed by atoms with E-state index in [2.05, 4.69) is 12.3 Å². The molecule has 1 N–H and O–H groups in total. The standard InChI is InChI=1S/C7H16BN2O.Y/c1-3-5-6-11-7-9-10(8)4-2;/h9H,1,3-7H2,2H3;/q-1;. The zero-order valence-corrected chi connectivity index (χ0v) is 10.6. The van der Waals surface area contributed by atoms with E-state index in [9.17, 15) is 0 Å². The number of hydrogen-bond acceptors (Lipinski definition) is 3. The molecule has 0 unspecified atom stereocenters. The molecule has 0 saturated heterocycles. The van der Waals surface area contributed by atoms with E-state index in [1.807, 2.05) is 6.92 Å². The van der Waals surface area contributed by atoms with Crippen molar-refractivity contribution >= 4 is 7.98 Å². The number of unbranched alkanes of at least 4 members (excludes halogenated alkanes) is 1. The molecule has 0 saturated carbocycles. The minimum atomic E-state index is 0. The molecule has 0 atom stereocenters. The van der Waals surface area contributed by atoms with Gasteiger partial charge in [0.25, 0.3) is 0 Å². The summed E-state index contributed by atoms with van der Waals surface area (Å²) in [4.78, 5) is 1.49. The van der Waals surface area contributed by atoms with Crippen molar-refractivity contribution in [3.8, 4) is 0 Å². The second-order valence-electron chi connectivity index (χ2n) is 2.20. The van der Waals surface area contributed by atoms with E-state index in [0.717, 1.165) is 26.0 Å². The van der Waals surface area contributed by atoms with Crippen molar-refractivity contribution < 1.29 is 37.4 Å². The molecule has 0 aliphatic rings. The monoisotopic (exact) mass is 244 g/mol. The molecule has 3 radical (unpaired) electrons. The fourth-order valence-corrected chi connectivity index (χ4v) is 0.517. The first-order valence-corrected chi connectivity index (χ1v) is 3.94. The fraction of sp³-hybridized carbons (Fsp3) is 0.857. The van der Waals surface area contributed by atoms with Crippen LogP contribution in [0.1, 0.15) is 19.8 Å². The van der Waals surface area contributed by atoms with Crippen molar-refractivity contribution in [1.29, 1.82) is 0 Å². The van der Waals surface area contributed by atoms with Crippen LogP contribution in [0.25, 0.3) is 0 Å². The third kappa shape index (κ3) is 11.0. The molecule has 12 heavy (non-hydrogen) atoms. The van der Waals surface area contributed by atoms with Gasteiger partial charge in [-0.25, -0.2) is 5.43 Å². The van der Waals surface area contributed by atoms with Gasteiger partial charge in [0.1, 0.15) is 6.73 Å². The second-order valence-corrected chi connectivity index (χ2v) is 2.20. The van der Waals surface area contributed by atoms with E-state index in [0.29, 0.717) is 6.73 Å². The average Bonchev–Trinajstić information content (AvgIpc) is 2.04. The molecule has 0 rings (SSSR count). The van der Waals surface area contributed by atoms with Crippen molar-refractivity contribution in [2.75, 3.05) is 19.9 Å². The Bertz CT molecular complexity index is 87.8. The van der Waals surface area contributed by atoms with Gasteiger partial charge in [-0.05, 0) is 6.54 Å². The summed E-state index contributed by atoms with van der Waals surface area (Å²) < 4.78 is 5.17. The zero-order chi connectivity index (χ0) is 8.53. The van der Waals surface area contributed by atoms with Crippen LogP contribution in [0.5, 0.6) is 0 Å². The number of nitrogens with zero attached hydrogens (tertiary/aromatic N) is 1. The van der Waals surface area contributed by atoms with Crippen LogP contribution in [0.15, 0.2) is 0 Å². The summed E-state index contributed by atoms with van der Waals surface area (Å²) in [7, 11) is 5.42. The van der Waals surface area contributed by atoms with Crippen LogP contribution in [0, 0.1) is 6.92 Å². The van der Waals surface area contributed by atoms with Gasteiger partial charge >= 0.3 is 0 Å². The smallest absolute Gasteiger partial charge is 0.206 e. The maximum absolute atomic E-state index is 5.42. The third-order valence-corrected chi connectivity index (χ3v) is 1.25. The number of rotatable bonds is 7. The molecule has 5 heteroatoms. The van der Waals surface area contributed by atoms with Crippen molar-refractivity contribution in [1.82, 2.24) is 10.3 Å². The first-order valence-electron chi connectivity index (χ1n) is 3.94. The Morgan fingerprint density at radius 2 is 2.25 bits per heavy atom. The molecule has 0 aromatic heterocycles. The van der Waals surface area contributed by atoms with Gasteiger partial charge in [-0.3, -0.25) is 4.92 Å². The minimum absolute atomic E-state index is 0. The average molecular weight is 244 g/mol. The fourth-order valence-electron chi connectivity index (χ4n) is 0.517. The quantitative estimate of drug-likeness (QED) is 0.232. The van der Waals surface area contributed by atoms with Crippen LogP contribution in [-0.2, 0) is 37.4 Å². The normalized spacial score (nSPS) is 9.92. The van der Waals surface area contributed by atoms with E-state index in [1.54, 1.807) is 0 Å². The molecule has 0 aliphatic carbocycles. The second kappa shape index (κ2) is 12.0. The molecule has 0 aromatic carbocycles. The van der Waals surface area contributed by atoms with Crippen molar-refractivity contribution in [3.63, 3.8) is 0 Å². The molecule has 0 fully saturated rings. The number of nitrogens with one attached hydrogen (secondary N) is 1. The van der Waals surface area contributed by atoms with Crippen molar-refractivity contribution in [2.24, 2.45) is 0 Å². The Balaban J connectivity index is 0. The number of hydrogen-bond donors (Lipinski definition) is 1. The van der Waals surface area contributed by atoms with Gasteiger partial charge in [0.15, 0.2) is 0 Å². The largest absolute Gasteiger partial charge is 0.365 e. The first-order chi connectivity index (χ1) is 5.31. The number of ether oxygens (including phenoxy) is 1. The van der Waals surface area contributed by atoms with Gasteiger partial charge in [-0.2, -0.15) is 6.42 Å². The molecule has 0 spiro atoms. The van der Waals surface area contributed by atoms with Crippen LogP contribution in [-0.4, -0.2) is 32.8 Å². The minimum Gasteiger partial charge on any atom is -0.365 e. The van der Waals surface area contributed by atoms with Crippen LogP contribution in [0.2, 0.25) is 0 Å². The first kappa shape index (κ1) is 15.5. The Kier molecular flexibility index (Phi) is 15.6. The predicted molar refractivity (Wildman–Crippen MR) is 46.7 cm³/mol. The molecular formula is C7H16BN2OY-. The molecule has 0 heterocycles. The SMILES string of the molecule is [B]N(CC)NCOCCC[CH2-].[Y]. The summed E-state index contributed by atoms with van der Waals surface area (Å²) >= 11 is 0. The predicted octanol–water partition coefficient (Wildman–Crippen LogP) is 0.482. The topological polar surface area (TPSA) is 24.5 Å². The molecule has 0 aliphatic heterocycles. The molecule has 67 valence electrons. The molecule has 0 amide bonds. The summed E-state index contributed by atoms with van der Waals surface area (Å²) in [5, 5.41) is 0. The van der Waals surface area contributed by atoms with E-state index in [4.69, 9.17) is 12.7 Å². The Morgan fingerprint density at radius 3 is 2.75 bits per heavy atom. The van der Waals surface area contributed by atoms with Gasteiger partial charge < -0.3 is 11.7 Å². The summed E-state index contributed by atoms with van der Waals surface area (Å²) in [6, 6.07) is 0. The van der Waals surface area contributed by atoms with Crippen molar-refractivity contribution in [2.45, 2.75) is 19.8 Å².